The van der Waals surface area contributed by atoms with Gasteiger partial charge in [-0.05, 0) is 34.4 Å². The number of benzene rings is 2. The maximum absolute atomic E-state index is 10.9. The zero-order chi connectivity index (χ0) is 15.2. The van der Waals surface area contributed by atoms with Crippen LogP contribution in [-0.4, -0.2) is 20.5 Å². The first-order chi connectivity index (χ1) is 10.2. The molecule has 0 aliphatic carbocycles. The van der Waals surface area contributed by atoms with E-state index in [9.17, 15) is 4.79 Å². The Kier molecular flexibility index (Phi) is 4.77. The van der Waals surface area contributed by atoms with Gasteiger partial charge in [-0.2, -0.15) is 0 Å². The molecule has 108 valence electrons. The van der Waals surface area contributed by atoms with E-state index in [0.717, 1.165) is 28.5 Å². The van der Waals surface area contributed by atoms with Crippen molar-refractivity contribution in [2.45, 2.75) is 6.42 Å². The third-order valence-corrected chi connectivity index (χ3v) is 3.36. The molecular formula is C18H18O3. The van der Waals surface area contributed by atoms with Crippen LogP contribution in [0.4, 0.5) is 0 Å². The number of hydrogen-bond donors (Lipinski definition) is 0. The summed E-state index contributed by atoms with van der Waals surface area (Å²) in [5.74, 6) is 1.23. The highest BCUT2D eigenvalue weighted by Crippen LogP contribution is 2.35. The van der Waals surface area contributed by atoms with Crippen LogP contribution in [0.2, 0.25) is 0 Å². The van der Waals surface area contributed by atoms with Crippen molar-refractivity contribution in [3.8, 4) is 11.5 Å². The molecule has 0 radical (unpaired) electrons. The lowest BCUT2D eigenvalue weighted by Crippen LogP contribution is -2.00. The maximum atomic E-state index is 10.9. The van der Waals surface area contributed by atoms with Crippen molar-refractivity contribution < 1.29 is 14.3 Å². The van der Waals surface area contributed by atoms with Gasteiger partial charge in [0.2, 0.25) is 0 Å². The van der Waals surface area contributed by atoms with E-state index in [1.165, 1.54) is 0 Å². The first kappa shape index (κ1) is 14.9. The molecule has 0 heterocycles. The third-order valence-electron chi connectivity index (χ3n) is 3.36. The van der Waals surface area contributed by atoms with Gasteiger partial charge in [0.25, 0.3) is 0 Å². The normalized spacial score (nSPS) is 10.0. The van der Waals surface area contributed by atoms with Crippen molar-refractivity contribution in [2.24, 2.45) is 0 Å². The van der Waals surface area contributed by atoms with Crippen LogP contribution in [0.15, 0.2) is 49.0 Å². The molecule has 0 N–H and O–H groups in total. The number of hydrogen-bond acceptors (Lipinski definition) is 3. The quantitative estimate of drug-likeness (QED) is 0.761. The number of rotatable bonds is 6. The third kappa shape index (κ3) is 3.14. The van der Waals surface area contributed by atoms with Gasteiger partial charge in [-0.15, -0.1) is 0 Å². The van der Waals surface area contributed by atoms with Crippen LogP contribution in [0.1, 0.15) is 16.7 Å². The zero-order valence-corrected chi connectivity index (χ0v) is 12.3. The average Bonchev–Trinajstić information content (AvgIpc) is 2.54. The molecule has 0 amide bonds. The highest BCUT2D eigenvalue weighted by molar-refractivity contribution is 5.82. The van der Waals surface area contributed by atoms with Crippen LogP contribution in [0.25, 0.3) is 5.57 Å². The highest BCUT2D eigenvalue weighted by Gasteiger charge is 2.14. The van der Waals surface area contributed by atoms with Gasteiger partial charge < -0.3 is 14.3 Å². The Bertz CT molecular complexity index is 645. The van der Waals surface area contributed by atoms with Crippen LogP contribution < -0.4 is 9.47 Å². The van der Waals surface area contributed by atoms with Crippen molar-refractivity contribution in [3.05, 3.63) is 65.7 Å². The summed E-state index contributed by atoms with van der Waals surface area (Å²) < 4.78 is 10.6. The Morgan fingerprint density at radius 2 is 1.71 bits per heavy atom. The van der Waals surface area contributed by atoms with E-state index in [4.69, 9.17) is 9.47 Å². The SMILES string of the molecule is C=C(c1ccccc1)c1cc(OC)c(OC)cc1CC=O. The number of carbonyl (C=O) groups is 1. The summed E-state index contributed by atoms with van der Waals surface area (Å²) in [5.41, 5.74) is 3.63. The second kappa shape index (κ2) is 6.75. The van der Waals surface area contributed by atoms with E-state index in [2.05, 4.69) is 6.58 Å². The Morgan fingerprint density at radius 1 is 1.10 bits per heavy atom. The molecule has 0 unspecified atom stereocenters. The summed E-state index contributed by atoms with van der Waals surface area (Å²) >= 11 is 0. The van der Waals surface area contributed by atoms with Crippen LogP contribution in [0.5, 0.6) is 11.5 Å². The minimum absolute atomic E-state index is 0.307. The minimum Gasteiger partial charge on any atom is -0.493 e. The second-order valence-corrected chi connectivity index (χ2v) is 4.58. The van der Waals surface area contributed by atoms with Gasteiger partial charge in [0, 0.05) is 6.42 Å². The fourth-order valence-corrected chi connectivity index (χ4v) is 2.26. The zero-order valence-electron chi connectivity index (χ0n) is 12.3. The number of methoxy groups -OCH3 is 2. The molecule has 21 heavy (non-hydrogen) atoms. The molecule has 0 spiro atoms. The predicted octanol–water partition coefficient (Wildman–Crippen LogP) is 3.51. The lowest BCUT2D eigenvalue weighted by atomic mass is 9.93. The van der Waals surface area contributed by atoms with E-state index in [1.54, 1.807) is 14.2 Å². The molecular weight excluding hydrogens is 264 g/mol. The summed E-state index contributed by atoms with van der Waals surface area (Å²) in [6.07, 6.45) is 1.19. The number of carbonyl (C=O) groups excluding carboxylic acids is 1. The summed E-state index contributed by atoms with van der Waals surface area (Å²) in [4.78, 5) is 10.9. The largest absolute Gasteiger partial charge is 0.493 e. The fraction of sp³-hybridized carbons (Fsp3) is 0.167. The number of aldehydes is 1. The lowest BCUT2D eigenvalue weighted by molar-refractivity contribution is -0.107. The van der Waals surface area contributed by atoms with Crippen molar-refractivity contribution in [1.29, 1.82) is 0 Å². The summed E-state index contributed by atoms with van der Waals surface area (Å²) in [7, 11) is 3.17. The van der Waals surface area contributed by atoms with Gasteiger partial charge >= 0.3 is 0 Å². The van der Waals surface area contributed by atoms with Crippen molar-refractivity contribution in [3.63, 3.8) is 0 Å². The molecule has 0 fully saturated rings. The van der Waals surface area contributed by atoms with Crippen molar-refractivity contribution in [2.75, 3.05) is 14.2 Å². The van der Waals surface area contributed by atoms with Gasteiger partial charge in [0.15, 0.2) is 11.5 Å². The summed E-state index contributed by atoms with van der Waals surface area (Å²) in [6.45, 7) is 4.16. The molecule has 0 saturated carbocycles. The molecule has 2 aromatic carbocycles. The molecule has 0 bridgehead atoms. The van der Waals surface area contributed by atoms with Crippen LogP contribution in [0, 0.1) is 0 Å². The highest BCUT2D eigenvalue weighted by atomic mass is 16.5. The standard InChI is InChI=1S/C18H18O3/c1-13(14-7-5-4-6-8-14)16-12-18(21-3)17(20-2)11-15(16)9-10-19/h4-8,10-12H,1,9H2,2-3H3. The van der Waals surface area contributed by atoms with Crippen molar-refractivity contribution >= 4 is 11.9 Å². The first-order valence-corrected chi connectivity index (χ1v) is 6.64. The molecule has 3 nitrogen and oxygen atoms in total. The first-order valence-electron chi connectivity index (χ1n) is 6.64. The van der Waals surface area contributed by atoms with Crippen LogP contribution in [0.3, 0.4) is 0 Å². The maximum Gasteiger partial charge on any atom is 0.161 e. The minimum atomic E-state index is 0.307. The smallest absolute Gasteiger partial charge is 0.161 e. The lowest BCUT2D eigenvalue weighted by Gasteiger charge is -2.15. The van der Waals surface area contributed by atoms with Gasteiger partial charge in [0.05, 0.1) is 14.2 Å². The summed E-state index contributed by atoms with van der Waals surface area (Å²) in [6, 6.07) is 13.6. The molecule has 0 atom stereocenters. The van der Waals surface area contributed by atoms with E-state index < -0.39 is 0 Å². The van der Waals surface area contributed by atoms with E-state index in [1.807, 2.05) is 42.5 Å². The van der Waals surface area contributed by atoms with Crippen LogP contribution >= 0.6 is 0 Å². The molecule has 3 heteroatoms. The Balaban J connectivity index is 2.55. The Morgan fingerprint density at radius 3 is 2.29 bits per heavy atom. The molecule has 0 aliphatic rings. The fourth-order valence-electron chi connectivity index (χ4n) is 2.26. The van der Waals surface area contributed by atoms with Crippen molar-refractivity contribution in [1.82, 2.24) is 0 Å². The molecule has 0 aromatic heterocycles. The number of ether oxygens (including phenoxy) is 2. The van der Waals surface area contributed by atoms with Gasteiger partial charge in [0.1, 0.15) is 6.29 Å². The topological polar surface area (TPSA) is 35.5 Å². The van der Waals surface area contributed by atoms with E-state index in [0.29, 0.717) is 17.9 Å². The monoisotopic (exact) mass is 282 g/mol. The van der Waals surface area contributed by atoms with Gasteiger partial charge in [-0.3, -0.25) is 0 Å². The molecule has 0 aliphatic heterocycles. The van der Waals surface area contributed by atoms with E-state index in [-0.39, 0.29) is 0 Å². The van der Waals surface area contributed by atoms with Gasteiger partial charge in [-0.25, -0.2) is 0 Å². The molecule has 2 aromatic rings. The van der Waals surface area contributed by atoms with E-state index >= 15 is 0 Å². The molecule has 2 rings (SSSR count). The van der Waals surface area contributed by atoms with Gasteiger partial charge in [-0.1, -0.05) is 36.9 Å². The Labute approximate surface area is 124 Å². The molecule has 0 saturated heterocycles. The van der Waals surface area contributed by atoms with Crippen LogP contribution in [-0.2, 0) is 11.2 Å². The summed E-state index contributed by atoms with van der Waals surface area (Å²) in [5, 5.41) is 0. The Hall–Kier alpha value is -2.55. The predicted molar refractivity (Wildman–Crippen MR) is 83.9 cm³/mol. The second-order valence-electron chi connectivity index (χ2n) is 4.58. The average molecular weight is 282 g/mol.